The number of sulfonamides is 1. The molecule has 43 heavy (non-hydrogen) atoms. The maximum absolute atomic E-state index is 13.9. The maximum atomic E-state index is 13.9. The van der Waals surface area contributed by atoms with E-state index >= 15 is 0 Å². The van der Waals surface area contributed by atoms with Crippen LogP contribution in [0, 0.1) is 0 Å². The molecule has 0 saturated heterocycles. The van der Waals surface area contributed by atoms with E-state index in [-0.39, 0.29) is 22.1 Å². The number of hydrogen-bond donors (Lipinski definition) is 3. The Morgan fingerprint density at radius 1 is 1.07 bits per heavy atom. The molecule has 4 aromatic rings. The van der Waals surface area contributed by atoms with Gasteiger partial charge in [-0.2, -0.15) is 0 Å². The van der Waals surface area contributed by atoms with Gasteiger partial charge in [-0.3, -0.25) is 14.2 Å². The number of nitrogens with zero attached hydrogens (tertiary/aromatic N) is 2. The molecular formula is C29H30BrN5O5S3. The Balaban J connectivity index is 1.31. The van der Waals surface area contributed by atoms with Crippen molar-refractivity contribution in [3.05, 3.63) is 73.8 Å². The molecule has 10 nitrogen and oxygen atoms in total. The summed E-state index contributed by atoms with van der Waals surface area (Å²) in [6.07, 6.45) is 5.56. The van der Waals surface area contributed by atoms with Gasteiger partial charge in [0.05, 0.1) is 21.7 Å². The van der Waals surface area contributed by atoms with Gasteiger partial charge in [-0.05, 0) is 86.2 Å². The van der Waals surface area contributed by atoms with Crippen molar-refractivity contribution >= 4 is 76.9 Å². The summed E-state index contributed by atoms with van der Waals surface area (Å²) in [5.41, 5.74) is 2.00. The van der Waals surface area contributed by atoms with Crippen molar-refractivity contribution in [3.8, 4) is 5.69 Å². The summed E-state index contributed by atoms with van der Waals surface area (Å²) >= 11 is 6.15. The molecule has 2 heterocycles. The van der Waals surface area contributed by atoms with Crippen molar-refractivity contribution in [2.45, 2.75) is 55.5 Å². The number of nitrogens with one attached hydrogen (secondary N) is 3. The van der Waals surface area contributed by atoms with Crippen LogP contribution in [-0.4, -0.2) is 42.2 Å². The van der Waals surface area contributed by atoms with Crippen LogP contribution in [0.5, 0.6) is 0 Å². The third kappa shape index (κ3) is 7.31. The second-order valence-electron chi connectivity index (χ2n) is 9.98. The van der Waals surface area contributed by atoms with Gasteiger partial charge in [-0.25, -0.2) is 22.9 Å². The molecule has 0 saturated carbocycles. The number of thioether (sulfide) groups is 1. The second-order valence-corrected chi connectivity index (χ2v) is 14.6. The van der Waals surface area contributed by atoms with Crippen LogP contribution in [0.4, 0.5) is 10.5 Å². The number of benzene rings is 2. The standard InChI is InChI=1S/C29H30BrN5O5S3/c1-2-3-16-31-28(38)34-43(39,40)21-14-10-19(11-15-21)32-24(36)17-41-29-33-26-25(22-6-4-5-7-23(22)42-26)27(37)35(29)20-12-8-18(30)9-13-20/h8-15H,2-7,16-17H2,1H3,(H,32,36)(H2,31,34,38). The van der Waals surface area contributed by atoms with E-state index < -0.39 is 16.1 Å². The topological polar surface area (TPSA) is 139 Å². The zero-order chi connectivity index (χ0) is 30.6. The quantitative estimate of drug-likeness (QED) is 0.111. The first-order valence-corrected chi connectivity index (χ1v) is 17.9. The number of fused-ring (bicyclic) bond motifs is 3. The average Bonchev–Trinajstić information content (AvgIpc) is 3.36. The Morgan fingerprint density at radius 2 is 1.79 bits per heavy atom. The van der Waals surface area contributed by atoms with Gasteiger partial charge in [-0.1, -0.05) is 41.0 Å². The molecule has 2 aromatic heterocycles. The van der Waals surface area contributed by atoms with Crippen molar-refractivity contribution in [2.24, 2.45) is 0 Å². The molecule has 14 heteroatoms. The first-order chi connectivity index (χ1) is 20.7. The first-order valence-electron chi connectivity index (χ1n) is 13.8. The number of unbranched alkanes of at least 4 members (excludes halogenated alkanes) is 1. The van der Waals surface area contributed by atoms with Crippen LogP contribution < -0.4 is 20.9 Å². The van der Waals surface area contributed by atoms with Crippen LogP contribution in [0.25, 0.3) is 15.9 Å². The zero-order valence-corrected chi connectivity index (χ0v) is 27.3. The fourth-order valence-electron chi connectivity index (χ4n) is 4.74. The number of carbonyl (C=O) groups is 2. The van der Waals surface area contributed by atoms with Crippen molar-refractivity contribution in [2.75, 3.05) is 17.6 Å². The Hall–Kier alpha value is -3.20. The highest BCUT2D eigenvalue weighted by Gasteiger charge is 2.23. The van der Waals surface area contributed by atoms with E-state index in [0.29, 0.717) is 33.3 Å². The summed E-state index contributed by atoms with van der Waals surface area (Å²) < 4.78 is 29.5. The molecule has 0 spiro atoms. The lowest BCUT2D eigenvalue weighted by Crippen LogP contribution is -2.39. The summed E-state index contributed by atoms with van der Waals surface area (Å²) in [4.78, 5) is 45.3. The number of thiophene rings is 1. The first kappa shape index (κ1) is 31.2. The van der Waals surface area contributed by atoms with Crippen molar-refractivity contribution < 1.29 is 18.0 Å². The zero-order valence-electron chi connectivity index (χ0n) is 23.3. The van der Waals surface area contributed by atoms with Gasteiger partial charge in [0.15, 0.2) is 5.16 Å². The number of carbonyl (C=O) groups excluding carboxylic acids is 2. The number of aromatic nitrogens is 2. The third-order valence-corrected chi connectivity index (χ3v) is 10.9. The highest BCUT2D eigenvalue weighted by atomic mass is 79.9. The molecule has 226 valence electrons. The number of anilines is 1. The Bertz CT molecular complexity index is 1820. The van der Waals surface area contributed by atoms with E-state index in [1.807, 2.05) is 35.9 Å². The molecule has 0 radical (unpaired) electrons. The lowest BCUT2D eigenvalue weighted by Gasteiger charge is -2.14. The third-order valence-electron chi connectivity index (χ3n) is 6.87. The van der Waals surface area contributed by atoms with Gasteiger partial charge in [0, 0.05) is 21.6 Å². The highest BCUT2D eigenvalue weighted by Crippen LogP contribution is 2.35. The molecule has 0 fully saturated rings. The van der Waals surface area contributed by atoms with E-state index in [1.54, 1.807) is 15.9 Å². The van der Waals surface area contributed by atoms with Crippen LogP contribution in [0.3, 0.4) is 0 Å². The lowest BCUT2D eigenvalue weighted by molar-refractivity contribution is -0.113. The molecule has 1 aliphatic rings. The molecule has 3 N–H and O–H groups in total. The van der Waals surface area contributed by atoms with Crippen LogP contribution in [0.1, 0.15) is 43.0 Å². The monoisotopic (exact) mass is 703 g/mol. The largest absolute Gasteiger partial charge is 0.337 e. The summed E-state index contributed by atoms with van der Waals surface area (Å²) in [5, 5.41) is 6.33. The average molecular weight is 705 g/mol. The number of aryl methyl sites for hydroxylation is 2. The van der Waals surface area contributed by atoms with Gasteiger partial charge in [0.2, 0.25) is 5.91 Å². The normalized spacial score (nSPS) is 13.0. The SMILES string of the molecule is CCCCNC(=O)NS(=O)(=O)c1ccc(NC(=O)CSc2nc3sc4c(c3c(=O)n2-c2ccc(Br)cc2)CCCC4)cc1. The van der Waals surface area contributed by atoms with Gasteiger partial charge in [0.25, 0.3) is 15.6 Å². The number of hydrogen-bond acceptors (Lipinski definition) is 8. The van der Waals surface area contributed by atoms with Gasteiger partial charge in [0.1, 0.15) is 4.83 Å². The van der Waals surface area contributed by atoms with Crippen molar-refractivity contribution in [3.63, 3.8) is 0 Å². The molecule has 5 rings (SSSR count). The summed E-state index contributed by atoms with van der Waals surface area (Å²) in [5.74, 6) is -0.379. The van der Waals surface area contributed by atoms with Crippen LogP contribution >= 0.6 is 39.0 Å². The minimum absolute atomic E-state index is 0.0287. The van der Waals surface area contributed by atoms with E-state index in [9.17, 15) is 22.8 Å². The number of halogens is 1. The smallest absolute Gasteiger partial charge is 0.328 e. The van der Waals surface area contributed by atoms with E-state index in [0.717, 1.165) is 60.3 Å². The minimum Gasteiger partial charge on any atom is -0.337 e. The van der Waals surface area contributed by atoms with Gasteiger partial charge < -0.3 is 10.6 Å². The summed E-state index contributed by atoms with van der Waals surface area (Å²) in [7, 11) is -4.07. The molecular weight excluding hydrogens is 674 g/mol. The molecule has 1 aliphatic carbocycles. The number of amides is 3. The Labute approximate surface area is 265 Å². The highest BCUT2D eigenvalue weighted by molar-refractivity contribution is 9.10. The van der Waals surface area contributed by atoms with Crippen molar-refractivity contribution in [1.29, 1.82) is 0 Å². The van der Waals surface area contributed by atoms with Crippen LogP contribution in [0.2, 0.25) is 0 Å². The fraction of sp³-hybridized carbons (Fsp3) is 0.310. The predicted molar refractivity (Wildman–Crippen MR) is 174 cm³/mol. The fourth-order valence-corrected chi connectivity index (χ4v) is 8.05. The molecule has 3 amide bonds. The Morgan fingerprint density at radius 3 is 2.51 bits per heavy atom. The molecule has 2 aromatic carbocycles. The van der Waals surface area contributed by atoms with Crippen molar-refractivity contribution in [1.82, 2.24) is 19.6 Å². The number of urea groups is 1. The van der Waals surface area contributed by atoms with E-state index in [2.05, 4.69) is 26.6 Å². The molecule has 0 bridgehead atoms. The molecule has 0 unspecified atom stereocenters. The lowest BCUT2D eigenvalue weighted by atomic mass is 9.97. The van der Waals surface area contributed by atoms with Gasteiger partial charge in [-0.15, -0.1) is 11.3 Å². The number of rotatable bonds is 10. The minimum atomic E-state index is -4.07. The predicted octanol–water partition coefficient (Wildman–Crippen LogP) is 5.61. The van der Waals surface area contributed by atoms with Crippen LogP contribution in [-0.2, 0) is 27.7 Å². The van der Waals surface area contributed by atoms with Crippen LogP contribution in [0.15, 0.2) is 67.9 Å². The second kappa shape index (κ2) is 13.6. The van der Waals surface area contributed by atoms with E-state index in [4.69, 9.17) is 4.98 Å². The Kier molecular flexibility index (Phi) is 9.89. The molecule has 0 atom stereocenters. The maximum Gasteiger partial charge on any atom is 0.328 e. The molecule has 0 aliphatic heterocycles. The summed E-state index contributed by atoms with van der Waals surface area (Å²) in [6, 6.07) is 12.1. The summed E-state index contributed by atoms with van der Waals surface area (Å²) in [6.45, 7) is 2.34. The van der Waals surface area contributed by atoms with E-state index in [1.165, 1.54) is 29.1 Å². The van der Waals surface area contributed by atoms with Gasteiger partial charge >= 0.3 is 6.03 Å².